The third-order valence-electron chi connectivity index (χ3n) is 2.50. The summed E-state index contributed by atoms with van der Waals surface area (Å²) in [6, 6.07) is 0. The Labute approximate surface area is 108 Å². The smallest absolute Gasteiger partial charge is 0.262 e. The van der Waals surface area contributed by atoms with E-state index in [2.05, 4.69) is 4.98 Å². The van der Waals surface area contributed by atoms with Crippen LogP contribution >= 0.6 is 0 Å². The first-order valence-electron chi connectivity index (χ1n) is 5.77. The number of methoxy groups -OCH3 is 1. The SMILES string of the molecule is CCn1cnc(S(=O)(=O)N(CCN)CCOC)c1. The zero-order valence-electron chi connectivity index (χ0n) is 10.7. The van der Waals surface area contributed by atoms with Crippen LogP contribution in [0, 0.1) is 0 Å². The van der Waals surface area contributed by atoms with Crippen molar-refractivity contribution in [2.75, 3.05) is 33.4 Å². The minimum atomic E-state index is -3.58. The Morgan fingerprint density at radius 2 is 2.22 bits per heavy atom. The number of hydrogen-bond donors (Lipinski definition) is 1. The normalized spacial score (nSPS) is 12.2. The Morgan fingerprint density at radius 3 is 2.72 bits per heavy atom. The third kappa shape index (κ3) is 3.52. The van der Waals surface area contributed by atoms with Gasteiger partial charge in [0.15, 0.2) is 5.03 Å². The first kappa shape index (κ1) is 15.1. The zero-order valence-corrected chi connectivity index (χ0v) is 11.6. The molecule has 2 N–H and O–H groups in total. The van der Waals surface area contributed by atoms with Gasteiger partial charge in [0.1, 0.15) is 0 Å². The predicted octanol–water partition coefficient (Wildman–Crippen LogP) is -0.501. The lowest BCUT2D eigenvalue weighted by Crippen LogP contribution is -2.37. The van der Waals surface area contributed by atoms with Gasteiger partial charge < -0.3 is 15.0 Å². The van der Waals surface area contributed by atoms with Crippen molar-refractivity contribution in [2.24, 2.45) is 5.73 Å². The zero-order chi connectivity index (χ0) is 13.6. The first-order chi connectivity index (χ1) is 8.56. The Balaban J connectivity index is 2.92. The highest BCUT2D eigenvalue weighted by Gasteiger charge is 2.25. The summed E-state index contributed by atoms with van der Waals surface area (Å²) >= 11 is 0. The molecule has 0 spiro atoms. The molecule has 0 bridgehead atoms. The lowest BCUT2D eigenvalue weighted by Gasteiger charge is -2.19. The van der Waals surface area contributed by atoms with Crippen molar-refractivity contribution >= 4 is 10.0 Å². The summed E-state index contributed by atoms with van der Waals surface area (Å²) in [7, 11) is -2.06. The van der Waals surface area contributed by atoms with E-state index < -0.39 is 10.0 Å². The van der Waals surface area contributed by atoms with Gasteiger partial charge in [-0.1, -0.05) is 0 Å². The van der Waals surface area contributed by atoms with Gasteiger partial charge in [-0.2, -0.15) is 4.31 Å². The third-order valence-corrected chi connectivity index (χ3v) is 4.29. The van der Waals surface area contributed by atoms with Gasteiger partial charge in [0.2, 0.25) is 0 Å². The van der Waals surface area contributed by atoms with Gasteiger partial charge in [-0.05, 0) is 6.92 Å². The standard InChI is InChI=1S/C10H20N4O3S/c1-3-13-8-10(12-9-13)18(15,16)14(5-4-11)6-7-17-2/h8-9H,3-7,11H2,1-2H3. The number of imidazole rings is 1. The summed E-state index contributed by atoms with van der Waals surface area (Å²) in [6.07, 6.45) is 3.02. The second kappa shape index (κ2) is 6.83. The number of rotatable bonds is 8. The van der Waals surface area contributed by atoms with E-state index in [0.29, 0.717) is 13.2 Å². The van der Waals surface area contributed by atoms with Crippen LogP contribution in [0.25, 0.3) is 0 Å². The largest absolute Gasteiger partial charge is 0.383 e. The fourth-order valence-corrected chi connectivity index (χ4v) is 2.84. The van der Waals surface area contributed by atoms with E-state index in [9.17, 15) is 8.42 Å². The van der Waals surface area contributed by atoms with Crippen LogP contribution in [0.1, 0.15) is 6.92 Å². The lowest BCUT2D eigenvalue weighted by atomic mass is 10.6. The average molecular weight is 276 g/mol. The molecular formula is C10H20N4O3S. The molecule has 18 heavy (non-hydrogen) atoms. The van der Waals surface area contributed by atoms with Crippen molar-refractivity contribution in [3.63, 3.8) is 0 Å². The molecule has 104 valence electrons. The summed E-state index contributed by atoms with van der Waals surface area (Å²) in [5.41, 5.74) is 5.43. The summed E-state index contributed by atoms with van der Waals surface area (Å²) in [5, 5.41) is 0.0499. The van der Waals surface area contributed by atoms with Gasteiger partial charge in [-0.15, -0.1) is 0 Å². The molecule has 0 saturated carbocycles. The maximum Gasteiger partial charge on any atom is 0.262 e. The van der Waals surface area contributed by atoms with Gasteiger partial charge in [0.25, 0.3) is 10.0 Å². The number of sulfonamides is 1. The number of aromatic nitrogens is 2. The van der Waals surface area contributed by atoms with Crippen LogP contribution < -0.4 is 5.73 Å². The second-order valence-corrected chi connectivity index (χ2v) is 5.61. The number of nitrogens with zero attached hydrogens (tertiary/aromatic N) is 3. The van der Waals surface area contributed by atoms with Gasteiger partial charge in [0, 0.05) is 39.5 Å². The Morgan fingerprint density at radius 1 is 1.50 bits per heavy atom. The number of hydrogen-bond acceptors (Lipinski definition) is 5. The topological polar surface area (TPSA) is 90.5 Å². The fourth-order valence-electron chi connectivity index (χ4n) is 1.47. The molecule has 0 saturated heterocycles. The minimum absolute atomic E-state index is 0.0499. The first-order valence-corrected chi connectivity index (χ1v) is 7.21. The van der Waals surface area contributed by atoms with Gasteiger partial charge in [0.05, 0.1) is 12.9 Å². The van der Waals surface area contributed by atoms with E-state index in [4.69, 9.17) is 10.5 Å². The number of nitrogens with two attached hydrogens (primary N) is 1. The molecule has 0 fully saturated rings. The Hall–Kier alpha value is -0.960. The molecule has 0 unspecified atom stereocenters. The van der Waals surface area contributed by atoms with Gasteiger partial charge in [-0.25, -0.2) is 13.4 Å². The van der Waals surface area contributed by atoms with E-state index in [1.807, 2.05) is 6.92 Å². The van der Waals surface area contributed by atoms with Gasteiger partial charge in [-0.3, -0.25) is 0 Å². The molecule has 0 aliphatic rings. The minimum Gasteiger partial charge on any atom is -0.383 e. The molecule has 0 atom stereocenters. The summed E-state index contributed by atoms with van der Waals surface area (Å²) < 4.78 is 32.5. The van der Waals surface area contributed by atoms with Crippen LogP contribution in [0.5, 0.6) is 0 Å². The molecular weight excluding hydrogens is 256 g/mol. The highest BCUT2D eigenvalue weighted by Crippen LogP contribution is 2.12. The van der Waals surface area contributed by atoms with E-state index >= 15 is 0 Å². The molecule has 1 aromatic rings. The molecule has 0 radical (unpaired) electrons. The van der Waals surface area contributed by atoms with Crippen molar-refractivity contribution in [1.29, 1.82) is 0 Å². The summed E-state index contributed by atoms with van der Waals surface area (Å²) in [4.78, 5) is 3.92. The molecule has 7 nitrogen and oxygen atoms in total. The van der Waals surface area contributed by atoms with Crippen molar-refractivity contribution < 1.29 is 13.2 Å². The molecule has 0 aliphatic heterocycles. The van der Waals surface area contributed by atoms with Crippen LogP contribution in [-0.4, -0.2) is 55.6 Å². The molecule has 0 aromatic carbocycles. The van der Waals surface area contributed by atoms with Crippen LogP contribution in [0.2, 0.25) is 0 Å². The molecule has 0 amide bonds. The lowest BCUT2D eigenvalue weighted by molar-refractivity contribution is 0.179. The van der Waals surface area contributed by atoms with E-state index in [1.165, 1.54) is 23.9 Å². The average Bonchev–Trinajstić information content (AvgIpc) is 2.83. The Bertz CT molecular complexity index is 457. The summed E-state index contributed by atoms with van der Waals surface area (Å²) in [5.74, 6) is 0. The van der Waals surface area contributed by atoms with Crippen LogP contribution in [0.4, 0.5) is 0 Å². The highest BCUT2D eigenvalue weighted by atomic mass is 32.2. The van der Waals surface area contributed by atoms with E-state index in [1.54, 1.807) is 4.57 Å². The molecule has 0 aliphatic carbocycles. The predicted molar refractivity (Wildman–Crippen MR) is 67.6 cm³/mol. The fraction of sp³-hybridized carbons (Fsp3) is 0.700. The molecule has 1 heterocycles. The van der Waals surface area contributed by atoms with Crippen LogP contribution in [0.15, 0.2) is 17.6 Å². The van der Waals surface area contributed by atoms with E-state index in [0.717, 1.165) is 0 Å². The van der Waals surface area contributed by atoms with Crippen LogP contribution in [-0.2, 0) is 21.3 Å². The molecule has 8 heteroatoms. The monoisotopic (exact) mass is 276 g/mol. The van der Waals surface area contributed by atoms with Crippen molar-refractivity contribution in [2.45, 2.75) is 18.5 Å². The second-order valence-electron chi connectivity index (χ2n) is 3.73. The maximum absolute atomic E-state index is 12.3. The summed E-state index contributed by atoms with van der Waals surface area (Å²) in [6.45, 7) is 3.71. The highest BCUT2D eigenvalue weighted by molar-refractivity contribution is 7.89. The number of aryl methyl sites for hydroxylation is 1. The van der Waals surface area contributed by atoms with Crippen LogP contribution in [0.3, 0.4) is 0 Å². The maximum atomic E-state index is 12.3. The number of ether oxygens (including phenoxy) is 1. The van der Waals surface area contributed by atoms with Crippen molar-refractivity contribution in [1.82, 2.24) is 13.9 Å². The quantitative estimate of drug-likeness (QED) is 0.691. The molecule has 1 rings (SSSR count). The molecule has 1 aromatic heterocycles. The van der Waals surface area contributed by atoms with E-state index in [-0.39, 0.29) is 24.7 Å². The van der Waals surface area contributed by atoms with Crippen molar-refractivity contribution in [3.8, 4) is 0 Å². The Kier molecular flexibility index (Phi) is 5.73. The van der Waals surface area contributed by atoms with Gasteiger partial charge >= 0.3 is 0 Å². The van der Waals surface area contributed by atoms with Crippen molar-refractivity contribution in [3.05, 3.63) is 12.5 Å².